The van der Waals surface area contributed by atoms with Gasteiger partial charge in [-0.2, -0.15) is 4.58 Å². The van der Waals surface area contributed by atoms with Gasteiger partial charge < -0.3 is 9.64 Å². The number of anilines is 1. The first-order valence-corrected chi connectivity index (χ1v) is 17.4. The summed E-state index contributed by atoms with van der Waals surface area (Å²) in [5.41, 5.74) is 10.5. The topological polar surface area (TPSA) is 15.5 Å². The van der Waals surface area contributed by atoms with E-state index in [4.69, 9.17) is 4.74 Å². The fourth-order valence-corrected chi connectivity index (χ4v) is 7.65. The van der Waals surface area contributed by atoms with Gasteiger partial charge >= 0.3 is 0 Å². The third-order valence-corrected chi connectivity index (χ3v) is 10.4. The number of allylic oxidation sites excluding steroid dienone is 7. The lowest BCUT2D eigenvalue weighted by Crippen LogP contribution is -2.27. The largest absolute Gasteiger partial charge is 0.457 e. The van der Waals surface area contributed by atoms with Crippen molar-refractivity contribution in [1.82, 2.24) is 0 Å². The number of halogens is 1. The van der Waals surface area contributed by atoms with Gasteiger partial charge in [-0.05, 0) is 106 Å². The van der Waals surface area contributed by atoms with Gasteiger partial charge in [-0.1, -0.05) is 75.6 Å². The van der Waals surface area contributed by atoms with Crippen LogP contribution in [0.5, 0.6) is 5.75 Å². The Hall–Kier alpha value is -4.18. The van der Waals surface area contributed by atoms with Crippen LogP contribution in [0.25, 0.3) is 0 Å². The van der Waals surface area contributed by atoms with E-state index in [1.165, 1.54) is 52.9 Å². The molecule has 0 amide bonds. The van der Waals surface area contributed by atoms with Gasteiger partial charge in [0, 0.05) is 41.1 Å². The fraction of sp³-hybridized carbons (Fsp3) is 0.372. The molecule has 2 heterocycles. The zero-order chi connectivity index (χ0) is 33.3. The molecule has 4 heteroatoms. The second kappa shape index (κ2) is 13.1. The molecule has 0 fully saturated rings. The van der Waals surface area contributed by atoms with Crippen molar-refractivity contribution in [1.29, 1.82) is 0 Å². The lowest BCUT2D eigenvalue weighted by Gasteiger charge is -2.27. The average molecular weight is 630 g/mol. The Labute approximate surface area is 281 Å². The van der Waals surface area contributed by atoms with E-state index < -0.39 is 0 Å². The number of para-hydroxylation sites is 1. The van der Waals surface area contributed by atoms with Crippen LogP contribution in [-0.2, 0) is 10.8 Å². The highest BCUT2D eigenvalue weighted by Crippen LogP contribution is 2.48. The number of hydrogen-bond donors (Lipinski definition) is 0. The number of ether oxygens (including phenoxy) is 1. The predicted octanol–water partition coefficient (Wildman–Crippen LogP) is 11.0. The average Bonchev–Trinajstić information content (AvgIpc) is 3.38. The highest BCUT2D eigenvalue weighted by Gasteiger charge is 2.43. The van der Waals surface area contributed by atoms with Crippen molar-refractivity contribution < 1.29 is 13.7 Å². The van der Waals surface area contributed by atoms with Crippen molar-refractivity contribution >= 4 is 17.1 Å². The number of rotatable bonds is 9. The Balaban J connectivity index is 1.42. The molecule has 2 aliphatic heterocycles. The molecule has 47 heavy (non-hydrogen) atoms. The van der Waals surface area contributed by atoms with Gasteiger partial charge in [-0.3, -0.25) is 0 Å². The molecule has 0 unspecified atom stereocenters. The van der Waals surface area contributed by atoms with Crippen LogP contribution in [0.1, 0.15) is 89.8 Å². The van der Waals surface area contributed by atoms with Crippen LogP contribution >= 0.6 is 0 Å². The molecule has 0 saturated heterocycles. The molecular formula is C43H50FN2O+. The minimum atomic E-state index is -0.316. The maximum absolute atomic E-state index is 14.3. The summed E-state index contributed by atoms with van der Waals surface area (Å²) in [6.45, 7) is 14.5. The summed E-state index contributed by atoms with van der Waals surface area (Å²) in [4.78, 5) is 2.55. The van der Waals surface area contributed by atoms with Crippen molar-refractivity contribution in [3.8, 4) is 5.75 Å². The predicted molar refractivity (Wildman–Crippen MR) is 195 cm³/mol. The quantitative estimate of drug-likeness (QED) is 0.173. The lowest BCUT2D eigenvalue weighted by atomic mass is 9.81. The number of unbranched alkanes of at least 4 members (excludes halogenated alkanes) is 2. The molecule has 3 aromatic carbocycles. The first-order valence-electron chi connectivity index (χ1n) is 17.4. The second-order valence-electron chi connectivity index (χ2n) is 14.4. The van der Waals surface area contributed by atoms with E-state index in [9.17, 15) is 4.39 Å². The summed E-state index contributed by atoms with van der Waals surface area (Å²) in [7, 11) is 2.08. The van der Waals surface area contributed by atoms with Crippen molar-refractivity contribution in [3.63, 3.8) is 0 Å². The van der Waals surface area contributed by atoms with Crippen LogP contribution in [0, 0.1) is 12.7 Å². The molecule has 3 aromatic rings. The zero-order valence-electron chi connectivity index (χ0n) is 29.3. The Morgan fingerprint density at radius 3 is 2.40 bits per heavy atom. The van der Waals surface area contributed by atoms with Crippen LogP contribution in [-0.4, -0.2) is 23.9 Å². The van der Waals surface area contributed by atoms with E-state index in [0.717, 1.165) is 54.3 Å². The van der Waals surface area contributed by atoms with E-state index in [1.807, 2.05) is 6.07 Å². The summed E-state index contributed by atoms with van der Waals surface area (Å²) >= 11 is 0. The number of benzene rings is 3. The summed E-state index contributed by atoms with van der Waals surface area (Å²) in [6.07, 6.45) is 15.7. The molecule has 3 aliphatic rings. The van der Waals surface area contributed by atoms with Gasteiger partial charge in [-0.25, -0.2) is 4.39 Å². The van der Waals surface area contributed by atoms with Crippen LogP contribution in [0.3, 0.4) is 0 Å². The van der Waals surface area contributed by atoms with Gasteiger partial charge in [0.05, 0.1) is 5.41 Å². The molecule has 0 atom stereocenters. The molecule has 1 aliphatic carbocycles. The van der Waals surface area contributed by atoms with Gasteiger partial charge in [0.15, 0.2) is 5.71 Å². The molecule has 0 N–H and O–H groups in total. The molecule has 6 rings (SSSR count). The van der Waals surface area contributed by atoms with Crippen molar-refractivity contribution in [2.45, 2.75) is 90.9 Å². The van der Waals surface area contributed by atoms with E-state index >= 15 is 0 Å². The monoisotopic (exact) mass is 629 g/mol. The molecule has 0 aromatic heterocycles. The maximum atomic E-state index is 14.3. The van der Waals surface area contributed by atoms with E-state index in [0.29, 0.717) is 0 Å². The van der Waals surface area contributed by atoms with Crippen molar-refractivity contribution in [2.75, 3.05) is 18.5 Å². The fourth-order valence-electron chi connectivity index (χ4n) is 7.65. The van der Waals surface area contributed by atoms with E-state index in [1.54, 1.807) is 12.1 Å². The molecule has 244 valence electrons. The highest BCUT2D eigenvalue weighted by molar-refractivity contribution is 6.03. The van der Waals surface area contributed by atoms with Gasteiger partial charge in [0.1, 0.15) is 24.4 Å². The minimum absolute atomic E-state index is 0.0945. The standard InChI is InChI=1S/C43H50FN2O/c1-8-9-12-28-46-38-17-11-10-16-35(38)42(3,4)40(46)27-21-32-15-13-14-31(41(32)47-34-23-18-30(2)19-24-34)20-26-39-43(5,6)36-29-33(44)22-25-37(36)45(39)7/h10-11,16-27,29H,8-9,12-15,28H2,1-7H3/q+1. The summed E-state index contributed by atoms with van der Waals surface area (Å²) < 4.78 is 23.3. The molecule has 3 nitrogen and oxygen atoms in total. The maximum Gasteiger partial charge on any atom is 0.209 e. The first-order chi connectivity index (χ1) is 22.5. The van der Waals surface area contributed by atoms with Crippen molar-refractivity contribution in [2.24, 2.45) is 0 Å². The minimum Gasteiger partial charge on any atom is -0.457 e. The molecule has 0 saturated carbocycles. The smallest absolute Gasteiger partial charge is 0.209 e. The third kappa shape index (κ3) is 6.27. The summed E-state index contributed by atoms with van der Waals surface area (Å²) in [5, 5.41) is 0. The van der Waals surface area contributed by atoms with Gasteiger partial charge in [-0.15, -0.1) is 0 Å². The Morgan fingerprint density at radius 1 is 0.872 bits per heavy atom. The van der Waals surface area contributed by atoms with Gasteiger partial charge in [0.2, 0.25) is 5.69 Å². The second-order valence-corrected chi connectivity index (χ2v) is 14.4. The molecular weight excluding hydrogens is 579 g/mol. The number of aryl methyl sites for hydroxylation is 1. The Kier molecular flexibility index (Phi) is 9.16. The Morgan fingerprint density at radius 2 is 1.64 bits per heavy atom. The number of hydrogen-bond acceptors (Lipinski definition) is 2. The van der Waals surface area contributed by atoms with Gasteiger partial charge in [0.25, 0.3) is 0 Å². The number of fused-ring (bicyclic) bond motifs is 2. The third-order valence-electron chi connectivity index (χ3n) is 10.4. The highest BCUT2D eigenvalue weighted by atomic mass is 19.1. The van der Waals surface area contributed by atoms with Crippen LogP contribution in [0.4, 0.5) is 15.8 Å². The van der Waals surface area contributed by atoms with E-state index in [-0.39, 0.29) is 16.6 Å². The Bertz CT molecular complexity index is 1820. The normalized spacial score (nSPS) is 20.1. The first kappa shape index (κ1) is 32.7. The lowest BCUT2D eigenvalue weighted by molar-refractivity contribution is -0.401. The van der Waals surface area contributed by atoms with Crippen LogP contribution in [0.15, 0.2) is 114 Å². The summed E-state index contributed by atoms with van der Waals surface area (Å²) in [5.74, 6) is 1.60. The molecule has 0 radical (unpaired) electrons. The number of nitrogens with zero attached hydrogens (tertiary/aromatic N) is 2. The van der Waals surface area contributed by atoms with Crippen LogP contribution < -0.4 is 9.64 Å². The SMILES string of the molecule is CCCCCN1/C(=C/C=C2\CCCC(/C=C/C3=[N+](C)c4ccc(F)cc4C3(C)C)=C2Oc2ccc(C)cc2)C(C)(C)c2ccccc21. The molecule has 0 spiro atoms. The van der Waals surface area contributed by atoms with Crippen LogP contribution in [0.2, 0.25) is 0 Å². The molecule has 0 bridgehead atoms. The van der Waals surface area contributed by atoms with E-state index in [2.05, 4.69) is 131 Å². The summed E-state index contributed by atoms with van der Waals surface area (Å²) in [6, 6.07) is 22.4. The van der Waals surface area contributed by atoms with Crippen molar-refractivity contribution in [3.05, 3.63) is 136 Å². The zero-order valence-corrected chi connectivity index (χ0v) is 29.3.